The summed E-state index contributed by atoms with van der Waals surface area (Å²) in [7, 11) is -2.16. The summed E-state index contributed by atoms with van der Waals surface area (Å²) < 4.78 is 26.2. The zero-order valence-electron chi connectivity index (χ0n) is 16.7. The maximum atomic E-state index is 12.6. The smallest absolute Gasteiger partial charge is 0.240 e. The molecule has 2 N–H and O–H groups in total. The minimum Gasteiger partial charge on any atom is -0.358 e. The third-order valence-corrected chi connectivity index (χ3v) is 5.93. The van der Waals surface area contributed by atoms with Gasteiger partial charge < -0.3 is 10.2 Å². The van der Waals surface area contributed by atoms with E-state index in [1.807, 2.05) is 47.4 Å². The standard InChI is InChI=1S/C22H24N4O3S/c1-23-30(28,29)21-11-5-7-18(13-21)15-25-22(27)17-26(20-9-3-2-4-10-20)16-19-8-6-12-24-14-19/h2-14,23H,15-17H2,1H3,(H,25,27). The lowest BCUT2D eigenvalue weighted by molar-refractivity contribution is -0.119. The third kappa shape index (κ3) is 5.88. The topological polar surface area (TPSA) is 91.4 Å². The Balaban J connectivity index is 1.67. The SMILES string of the molecule is CNS(=O)(=O)c1cccc(CNC(=O)CN(Cc2cccnc2)c2ccccc2)c1. The summed E-state index contributed by atoms with van der Waals surface area (Å²) in [4.78, 5) is 18.9. The van der Waals surface area contributed by atoms with Crippen LogP contribution >= 0.6 is 0 Å². The molecule has 3 aromatic rings. The molecule has 3 rings (SSSR count). The molecule has 0 saturated heterocycles. The molecule has 1 amide bonds. The number of pyridine rings is 1. The van der Waals surface area contributed by atoms with E-state index in [9.17, 15) is 13.2 Å². The molecule has 8 heteroatoms. The predicted octanol–water partition coefficient (Wildman–Crippen LogP) is 2.31. The highest BCUT2D eigenvalue weighted by molar-refractivity contribution is 7.89. The number of nitrogens with zero attached hydrogens (tertiary/aromatic N) is 2. The molecule has 0 unspecified atom stereocenters. The van der Waals surface area contributed by atoms with Gasteiger partial charge in [-0.05, 0) is 48.5 Å². The lowest BCUT2D eigenvalue weighted by atomic mass is 10.2. The van der Waals surface area contributed by atoms with E-state index < -0.39 is 10.0 Å². The van der Waals surface area contributed by atoms with Crippen molar-refractivity contribution in [2.45, 2.75) is 18.0 Å². The van der Waals surface area contributed by atoms with Crippen molar-refractivity contribution in [3.8, 4) is 0 Å². The Kier molecular flexibility index (Phi) is 7.16. The van der Waals surface area contributed by atoms with Crippen LogP contribution in [0.25, 0.3) is 0 Å². The zero-order valence-corrected chi connectivity index (χ0v) is 17.5. The second-order valence-corrected chi connectivity index (χ2v) is 8.57. The van der Waals surface area contributed by atoms with Crippen LogP contribution in [0.1, 0.15) is 11.1 Å². The quantitative estimate of drug-likeness (QED) is 0.550. The molecule has 156 valence electrons. The van der Waals surface area contributed by atoms with E-state index in [2.05, 4.69) is 15.0 Å². The predicted molar refractivity (Wildman–Crippen MR) is 116 cm³/mol. The average Bonchev–Trinajstić information content (AvgIpc) is 2.79. The molecule has 0 radical (unpaired) electrons. The van der Waals surface area contributed by atoms with Gasteiger partial charge in [0.15, 0.2) is 0 Å². The van der Waals surface area contributed by atoms with E-state index in [1.165, 1.54) is 13.1 Å². The molecule has 0 saturated carbocycles. The fraction of sp³-hybridized carbons (Fsp3) is 0.182. The Hall–Kier alpha value is -3.23. The lowest BCUT2D eigenvalue weighted by Gasteiger charge is -2.24. The van der Waals surface area contributed by atoms with E-state index >= 15 is 0 Å². The summed E-state index contributed by atoms with van der Waals surface area (Å²) in [6, 6.07) is 20.0. The molecule has 1 aromatic heterocycles. The van der Waals surface area contributed by atoms with Gasteiger partial charge in [0, 0.05) is 31.2 Å². The average molecular weight is 425 g/mol. The van der Waals surface area contributed by atoms with Crippen molar-refractivity contribution in [3.63, 3.8) is 0 Å². The molecular formula is C22H24N4O3S. The lowest BCUT2D eigenvalue weighted by Crippen LogP contribution is -2.36. The fourth-order valence-electron chi connectivity index (χ4n) is 2.96. The molecule has 0 fully saturated rings. The number of sulfonamides is 1. The number of anilines is 1. The number of para-hydroxylation sites is 1. The monoisotopic (exact) mass is 424 g/mol. The van der Waals surface area contributed by atoms with Crippen molar-refractivity contribution in [1.29, 1.82) is 0 Å². The normalized spacial score (nSPS) is 11.1. The molecule has 0 bridgehead atoms. The number of hydrogen-bond acceptors (Lipinski definition) is 5. The van der Waals surface area contributed by atoms with Crippen LogP contribution in [0.15, 0.2) is 84.0 Å². The Bertz CT molecular complexity index is 1070. The van der Waals surface area contributed by atoms with E-state index in [0.717, 1.165) is 11.3 Å². The first-order valence-corrected chi connectivity index (χ1v) is 10.9. The van der Waals surface area contributed by atoms with Gasteiger partial charge >= 0.3 is 0 Å². The zero-order chi connectivity index (χ0) is 21.4. The summed E-state index contributed by atoms with van der Waals surface area (Å²) in [6.45, 7) is 0.940. The molecule has 1 heterocycles. The van der Waals surface area contributed by atoms with Crippen molar-refractivity contribution in [2.75, 3.05) is 18.5 Å². The third-order valence-electron chi connectivity index (χ3n) is 4.52. The number of carbonyl (C=O) groups excluding carboxylic acids is 1. The Morgan fingerprint density at radius 3 is 2.47 bits per heavy atom. The maximum Gasteiger partial charge on any atom is 0.240 e. The highest BCUT2D eigenvalue weighted by Gasteiger charge is 2.14. The van der Waals surface area contributed by atoms with Gasteiger partial charge in [-0.25, -0.2) is 13.1 Å². The van der Waals surface area contributed by atoms with Crippen molar-refractivity contribution >= 4 is 21.6 Å². The second kappa shape index (κ2) is 10.00. The van der Waals surface area contributed by atoms with E-state index in [-0.39, 0.29) is 23.9 Å². The first-order valence-electron chi connectivity index (χ1n) is 9.46. The molecule has 0 atom stereocenters. The molecule has 7 nitrogen and oxygen atoms in total. The van der Waals surface area contributed by atoms with Gasteiger partial charge in [0.25, 0.3) is 0 Å². The minimum atomic E-state index is -3.53. The van der Waals surface area contributed by atoms with Gasteiger partial charge in [-0.1, -0.05) is 36.4 Å². The van der Waals surface area contributed by atoms with Crippen LogP contribution in [0.5, 0.6) is 0 Å². The van der Waals surface area contributed by atoms with Gasteiger partial charge in [-0.3, -0.25) is 9.78 Å². The molecule has 0 spiro atoms. The summed E-state index contributed by atoms with van der Waals surface area (Å²) in [6.07, 6.45) is 3.49. The van der Waals surface area contributed by atoms with E-state index in [4.69, 9.17) is 0 Å². The molecule has 0 aliphatic rings. The second-order valence-electron chi connectivity index (χ2n) is 6.68. The number of amides is 1. The Morgan fingerprint density at radius 2 is 1.77 bits per heavy atom. The number of rotatable bonds is 9. The number of carbonyl (C=O) groups is 1. The number of benzene rings is 2. The molecule has 0 aliphatic heterocycles. The van der Waals surface area contributed by atoms with Crippen molar-refractivity contribution in [1.82, 2.24) is 15.0 Å². The van der Waals surface area contributed by atoms with Crippen LogP contribution < -0.4 is 14.9 Å². The van der Waals surface area contributed by atoms with Crippen molar-refractivity contribution < 1.29 is 13.2 Å². The minimum absolute atomic E-state index is 0.160. The van der Waals surface area contributed by atoms with Gasteiger partial charge in [-0.2, -0.15) is 0 Å². The molecule has 30 heavy (non-hydrogen) atoms. The van der Waals surface area contributed by atoms with Gasteiger partial charge in [0.1, 0.15) is 0 Å². The number of nitrogens with one attached hydrogen (secondary N) is 2. The van der Waals surface area contributed by atoms with Crippen molar-refractivity contribution in [2.24, 2.45) is 0 Å². The van der Waals surface area contributed by atoms with Crippen LogP contribution in [-0.4, -0.2) is 32.9 Å². The molecule has 0 aliphatic carbocycles. The summed E-state index contributed by atoms with van der Waals surface area (Å²) in [5.74, 6) is -0.162. The van der Waals surface area contributed by atoms with E-state index in [0.29, 0.717) is 12.1 Å². The Morgan fingerprint density at radius 1 is 1.00 bits per heavy atom. The number of hydrogen-bond donors (Lipinski definition) is 2. The van der Waals surface area contributed by atoms with Gasteiger partial charge in [0.05, 0.1) is 11.4 Å². The first-order chi connectivity index (χ1) is 14.5. The van der Waals surface area contributed by atoms with Crippen LogP contribution in [0.4, 0.5) is 5.69 Å². The van der Waals surface area contributed by atoms with Crippen LogP contribution in [0, 0.1) is 0 Å². The summed E-state index contributed by atoms with van der Waals surface area (Å²) in [5.41, 5.74) is 2.64. The maximum absolute atomic E-state index is 12.6. The number of aromatic nitrogens is 1. The highest BCUT2D eigenvalue weighted by Crippen LogP contribution is 2.16. The fourth-order valence-corrected chi connectivity index (χ4v) is 3.76. The van der Waals surface area contributed by atoms with E-state index in [1.54, 1.807) is 30.6 Å². The summed E-state index contributed by atoms with van der Waals surface area (Å²) >= 11 is 0. The molecular weight excluding hydrogens is 400 g/mol. The van der Waals surface area contributed by atoms with Gasteiger partial charge in [0.2, 0.25) is 15.9 Å². The largest absolute Gasteiger partial charge is 0.358 e. The first kappa shape index (κ1) is 21.5. The van der Waals surface area contributed by atoms with Crippen molar-refractivity contribution in [3.05, 3.63) is 90.3 Å². The van der Waals surface area contributed by atoms with Gasteiger partial charge in [-0.15, -0.1) is 0 Å². The Labute approximate surface area is 176 Å². The van der Waals surface area contributed by atoms with Crippen LogP contribution in [0.3, 0.4) is 0 Å². The van der Waals surface area contributed by atoms with Crippen LogP contribution in [0.2, 0.25) is 0 Å². The van der Waals surface area contributed by atoms with Crippen LogP contribution in [-0.2, 0) is 27.9 Å². The summed E-state index contributed by atoms with van der Waals surface area (Å²) in [5, 5.41) is 2.87. The highest BCUT2D eigenvalue weighted by atomic mass is 32.2. The molecule has 2 aromatic carbocycles.